The van der Waals surface area contributed by atoms with E-state index < -0.39 is 0 Å². The molecule has 2 aliphatic rings. The highest BCUT2D eigenvalue weighted by molar-refractivity contribution is 7.13. The highest BCUT2D eigenvalue weighted by Gasteiger charge is 2.34. The van der Waals surface area contributed by atoms with Crippen LogP contribution in [-0.2, 0) is 4.79 Å². The number of carbonyl (C=O) groups excluding carboxylic acids is 1. The predicted molar refractivity (Wildman–Crippen MR) is 97.7 cm³/mol. The fourth-order valence-electron chi connectivity index (χ4n) is 3.59. The Kier molecular flexibility index (Phi) is 4.49. The van der Waals surface area contributed by atoms with Gasteiger partial charge in [0.2, 0.25) is 5.91 Å². The molecule has 1 N–H and O–H groups in total. The van der Waals surface area contributed by atoms with Gasteiger partial charge in [-0.3, -0.25) is 4.79 Å². The Morgan fingerprint density at radius 2 is 1.88 bits per heavy atom. The molecule has 1 aromatic carbocycles. The maximum absolute atomic E-state index is 12.7. The number of piperidine rings is 1. The first-order chi connectivity index (χ1) is 11.8. The zero-order chi connectivity index (χ0) is 16.4. The van der Waals surface area contributed by atoms with Crippen LogP contribution in [0.3, 0.4) is 0 Å². The summed E-state index contributed by atoms with van der Waals surface area (Å²) in [7, 11) is 0. The molecule has 6 heteroatoms. The molecule has 0 radical (unpaired) electrons. The lowest BCUT2D eigenvalue weighted by molar-refractivity contribution is -0.119. The van der Waals surface area contributed by atoms with Gasteiger partial charge in [-0.15, -0.1) is 11.3 Å². The van der Waals surface area contributed by atoms with Gasteiger partial charge < -0.3 is 15.1 Å². The van der Waals surface area contributed by atoms with Gasteiger partial charge in [-0.05, 0) is 31.4 Å². The summed E-state index contributed by atoms with van der Waals surface area (Å²) in [6.07, 6.45) is 4.88. The van der Waals surface area contributed by atoms with Gasteiger partial charge in [-0.25, -0.2) is 4.98 Å². The zero-order valence-electron chi connectivity index (χ0n) is 13.6. The summed E-state index contributed by atoms with van der Waals surface area (Å²) in [5.41, 5.74) is 1.00. The third-order valence-electron chi connectivity index (χ3n) is 4.90. The van der Waals surface area contributed by atoms with Gasteiger partial charge in [0.25, 0.3) is 0 Å². The number of hydrogen-bond acceptors (Lipinski definition) is 5. The fourth-order valence-corrected chi connectivity index (χ4v) is 4.29. The van der Waals surface area contributed by atoms with Gasteiger partial charge in [-0.2, -0.15) is 0 Å². The smallest absolute Gasteiger partial charge is 0.244 e. The number of rotatable bonds is 4. The van der Waals surface area contributed by atoms with Crippen molar-refractivity contribution >= 4 is 28.1 Å². The molecule has 0 saturated carbocycles. The number of carbonyl (C=O) groups is 1. The largest absolute Gasteiger partial charge is 0.348 e. The van der Waals surface area contributed by atoms with E-state index in [1.165, 1.54) is 0 Å². The monoisotopic (exact) mass is 342 g/mol. The van der Waals surface area contributed by atoms with Crippen molar-refractivity contribution in [3.63, 3.8) is 0 Å². The van der Waals surface area contributed by atoms with Gasteiger partial charge in [-0.1, -0.05) is 18.2 Å². The standard InChI is InChI=1S/C18H22N4OS/c23-17-16(8-12-22(17)15-4-2-1-3-5-15)20-14-6-10-21(11-7-14)18-19-9-13-24-18/h1-5,9,13-14,16,20H,6-8,10-12H2. The Morgan fingerprint density at radius 3 is 2.58 bits per heavy atom. The normalized spacial score (nSPS) is 22.3. The maximum atomic E-state index is 12.7. The first kappa shape index (κ1) is 15.6. The van der Waals surface area contributed by atoms with Crippen molar-refractivity contribution in [2.75, 3.05) is 29.4 Å². The summed E-state index contributed by atoms with van der Waals surface area (Å²) in [6.45, 7) is 2.82. The van der Waals surface area contributed by atoms with Crippen LogP contribution in [0.1, 0.15) is 19.3 Å². The van der Waals surface area contributed by atoms with Crippen LogP contribution in [-0.4, -0.2) is 42.6 Å². The topological polar surface area (TPSA) is 48.5 Å². The van der Waals surface area contributed by atoms with Gasteiger partial charge >= 0.3 is 0 Å². The quantitative estimate of drug-likeness (QED) is 0.927. The second-order valence-corrected chi connectivity index (χ2v) is 7.28. The molecule has 1 aromatic heterocycles. The first-order valence-corrected chi connectivity index (χ1v) is 9.46. The van der Waals surface area contributed by atoms with E-state index in [1.54, 1.807) is 11.3 Å². The summed E-state index contributed by atoms with van der Waals surface area (Å²) >= 11 is 1.70. The molecule has 4 rings (SSSR count). The number of amides is 1. The van der Waals surface area contributed by atoms with E-state index in [1.807, 2.05) is 46.8 Å². The molecular weight excluding hydrogens is 320 g/mol. The second-order valence-electron chi connectivity index (χ2n) is 6.41. The van der Waals surface area contributed by atoms with Gasteiger partial charge in [0.1, 0.15) is 0 Å². The van der Waals surface area contributed by atoms with Crippen LogP contribution in [0.15, 0.2) is 41.9 Å². The van der Waals surface area contributed by atoms with Crippen LogP contribution in [0, 0.1) is 0 Å². The lowest BCUT2D eigenvalue weighted by Crippen LogP contribution is -2.48. The lowest BCUT2D eigenvalue weighted by Gasteiger charge is -2.33. The Labute approximate surface area is 146 Å². The fraction of sp³-hybridized carbons (Fsp3) is 0.444. The highest BCUT2D eigenvalue weighted by atomic mass is 32.1. The van der Waals surface area contributed by atoms with E-state index in [9.17, 15) is 4.79 Å². The van der Waals surface area contributed by atoms with Gasteiger partial charge in [0, 0.05) is 42.9 Å². The minimum atomic E-state index is -0.0402. The van der Waals surface area contributed by atoms with E-state index in [-0.39, 0.29) is 11.9 Å². The van der Waals surface area contributed by atoms with Crippen LogP contribution in [0.4, 0.5) is 10.8 Å². The third-order valence-corrected chi connectivity index (χ3v) is 5.73. The Bertz CT molecular complexity index is 668. The molecule has 126 valence electrons. The molecule has 2 saturated heterocycles. The van der Waals surface area contributed by atoms with Crippen molar-refractivity contribution in [3.05, 3.63) is 41.9 Å². The number of nitrogens with zero attached hydrogens (tertiary/aromatic N) is 3. The van der Waals surface area contributed by atoms with Crippen LogP contribution < -0.4 is 15.1 Å². The molecule has 1 atom stereocenters. The highest BCUT2D eigenvalue weighted by Crippen LogP contribution is 2.24. The average molecular weight is 342 g/mol. The summed E-state index contributed by atoms with van der Waals surface area (Å²) in [6, 6.07) is 10.3. The number of benzene rings is 1. The number of para-hydroxylation sites is 1. The SMILES string of the molecule is O=C1C(NC2CCN(c3nccs3)CC2)CCN1c1ccccc1. The minimum Gasteiger partial charge on any atom is -0.348 e. The molecule has 24 heavy (non-hydrogen) atoms. The molecule has 1 amide bonds. The van der Waals surface area contributed by atoms with Crippen molar-refractivity contribution in [2.45, 2.75) is 31.3 Å². The van der Waals surface area contributed by atoms with Crippen molar-refractivity contribution in [2.24, 2.45) is 0 Å². The molecule has 0 aliphatic carbocycles. The van der Waals surface area contributed by atoms with Crippen LogP contribution in [0.2, 0.25) is 0 Å². The molecule has 0 bridgehead atoms. The van der Waals surface area contributed by atoms with Crippen LogP contribution in [0.25, 0.3) is 0 Å². The molecule has 0 spiro atoms. The van der Waals surface area contributed by atoms with E-state index in [2.05, 4.69) is 15.2 Å². The third kappa shape index (κ3) is 3.16. The average Bonchev–Trinajstić information content (AvgIpc) is 3.28. The van der Waals surface area contributed by atoms with Crippen molar-refractivity contribution in [3.8, 4) is 0 Å². The summed E-state index contributed by atoms with van der Waals surface area (Å²) < 4.78 is 0. The van der Waals surface area contributed by atoms with Gasteiger partial charge in [0.15, 0.2) is 5.13 Å². The molecule has 1 unspecified atom stereocenters. The van der Waals surface area contributed by atoms with E-state index >= 15 is 0 Å². The second kappa shape index (κ2) is 6.91. The molecule has 5 nitrogen and oxygen atoms in total. The molecule has 3 heterocycles. The number of nitrogens with one attached hydrogen (secondary N) is 1. The van der Waals surface area contributed by atoms with Gasteiger partial charge in [0.05, 0.1) is 6.04 Å². The summed E-state index contributed by atoms with van der Waals surface area (Å²) in [4.78, 5) is 21.3. The van der Waals surface area contributed by atoms with E-state index in [0.29, 0.717) is 6.04 Å². The number of hydrogen-bond donors (Lipinski definition) is 1. The lowest BCUT2D eigenvalue weighted by atomic mass is 10.0. The number of aromatic nitrogens is 1. The van der Waals surface area contributed by atoms with Crippen molar-refractivity contribution in [1.82, 2.24) is 10.3 Å². The number of anilines is 2. The van der Waals surface area contributed by atoms with Crippen LogP contribution in [0.5, 0.6) is 0 Å². The summed E-state index contributed by atoms with van der Waals surface area (Å²) in [5.74, 6) is 0.212. The van der Waals surface area contributed by atoms with Crippen LogP contribution >= 0.6 is 11.3 Å². The predicted octanol–water partition coefficient (Wildman–Crippen LogP) is 2.51. The minimum absolute atomic E-state index is 0.0402. The Hall–Kier alpha value is -1.92. The maximum Gasteiger partial charge on any atom is 0.244 e. The molecule has 2 fully saturated rings. The van der Waals surface area contributed by atoms with Crippen molar-refractivity contribution in [1.29, 1.82) is 0 Å². The van der Waals surface area contributed by atoms with E-state index in [4.69, 9.17) is 0 Å². The summed E-state index contributed by atoms with van der Waals surface area (Å²) in [5, 5.41) is 6.73. The molecule has 2 aliphatic heterocycles. The number of thiazole rings is 1. The molecular formula is C18H22N4OS. The Morgan fingerprint density at radius 1 is 1.08 bits per heavy atom. The Balaban J connectivity index is 1.32. The zero-order valence-corrected chi connectivity index (χ0v) is 14.4. The first-order valence-electron chi connectivity index (χ1n) is 8.58. The molecule has 2 aromatic rings. The van der Waals surface area contributed by atoms with Crippen molar-refractivity contribution < 1.29 is 4.79 Å². The van der Waals surface area contributed by atoms with E-state index in [0.717, 1.165) is 49.7 Å².